The van der Waals surface area contributed by atoms with Crippen LogP contribution in [0.4, 0.5) is 4.39 Å². The number of nitrogens with one attached hydrogen (secondary N) is 1. The lowest BCUT2D eigenvalue weighted by Gasteiger charge is -2.07. The van der Waals surface area contributed by atoms with Gasteiger partial charge in [-0.05, 0) is 36.6 Å². The largest absolute Gasteiger partial charge is 0.457 e. The molecule has 0 bridgehead atoms. The summed E-state index contributed by atoms with van der Waals surface area (Å²) >= 11 is 0. The average Bonchev–Trinajstić information content (AvgIpc) is 3.42. The Balaban J connectivity index is 1.46. The van der Waals surface area contributed by atoms with E-state index in [1.54, 1.807) is 30.3 Å². The van der Waals surface area contributed by atoms with Crippen LogP contribution in [-0.4, -0.2) is 15.9 Å². The lowest BCUT2D eigenvalue weighted by atomic mass is 10.1. The molecular formula is C20H17FN2O3. The molecule has 0 aliphatic heterocycles. The first-order valence-corrected chi connectivity index (χ1v) is 8.44. The van der Waals surface area contributed by atoms with Gasteiger partial charge in [-0.15, -0.1) is 0 Å². The first-order valence-electron chi connectivity index (χ1n) is 8.44. The SMILES string of the molecule is Cc1cccc2c(=O)[nH]c(COC(=O)[C@H]3C[C@H]3c3ccccc3F)nc12. The third-order valence-electron chi connectivity index (χ3n) is 4.74. The van der Waals surface area contributed by atoms with E-state index >= 15 is 0 Å². The van der Waals surface area contributed by atoms with E-state index < -0.39 is 5.97 Å². The van der Waals surface area contributed by atoms with Crippen molar-refractivity contribution in [1.82, 2.24) is 9.97 Å². The highest BCUT2D eigenvalue weighted by molar-refractivity contribution is 5.80. The van der Waals surface area contributed by atoms with Crippen molar-refractivity contribution in [2.24, 2.45) is 5.92 Å². The molecule has 1 N–H and O–H groups in total. The van der Waals surface area contributed by atoms with Crippen LogP contribution < -0.4 is 5.56 Å². The number of fused-ring (bicyclic) bond motifs is 1. The van der Waals surface area contributed by atoms with Crippen LogP contribution in [0.2, 0.25) is 0 Å². The van der Waals surface area contributed by atoms with Gasteiger partial charge in [0.1, 0.15) is 18.2 Å². The number of aromatic nitrogens is 2. The Bertz CT molecular complexity index is 1060. The van der Waals surface area contributed by atoms with E-state index in [0.717, 1.165) is 5.56 Å². The van der Waals surface area contributed by atoms with E-state index in [0.29, 0.717) is 28.7 Å². The van der Waals surface area contributed by atoms with E-state index in [4.69, 9.17) is 4.74 Å². The van der Waals surface area contributed by atoms with E-state index in [-0.39, 0.29) is 29.8 Å². The fraction of sp³-hybridized carbons (Fsp3) is 0.250. The van der Waals surface area contributed by atoms with E-state index in [9.17, 15) is 14.0 Å². The number of rotatable bonds is 4. The second kappa shape index (κ2) is 6.37. The Morgan fingerprint density at radius 3 is 2.88 bits per heavy atom. The smallest absolute Gasteiger partial charge is 0.310 e. The number of carbonyl (C=O) groups excluding carboxylic acids is 1. The van der Waals surface area contributed by atoms with Crippen LogP contribution in [0, 0.1) is 18.7 Å². The molecule has 1 heterocycles. The maximum absolute atomic E-state index is 13.8. The molecule has 4 rings (SSSR count). The van der Waals surface area contributed by atoms with Gasteiger partial charge in [0.15, 0.2) is 0 Å². The van der Waals surface area contributed by atoms with E-state index in [2.05, 4.69) is 9.97 Å². The lowest BCUT2D eigenvalue weighted by Crippen LogP contribution is -2.15. The Morgan fingerprint density at radius 2 is 2.08 bits per heavy atom. The van der Waals surface area contributed by atoms with E-state index in [1.807, 2.05) is 13.0 Å². The average molecular weight is 352 g/mol. The van der Waals surface area contributed by atoms with E-state index in [1.165, 1.54) is 6.07 Å². The number of para-hydroxylation sites is 1. The zero-order chi connectivity index (χ0) is 18.3. The summed E-state index contributed by atoms with van der Waals surface area (Å²) in [5.74, 6) is -0.891. The van der Waals surface area contributed by atoms with Gasteiger partial charge in [0.05, 0.1) is 16.8 Å². The summed E-state index contributed by atoms with van der Waals surface area (Å²) in [6.07, 6.45) is 0.570. The number of H-pyrrole nitrogens is 1. The molecule has 0 saturated heterocycles. The highest BCUT2D eigenvalue weighted by Gasteiger charge is 2.46. The number of aromatic amines is 1. The summed E-state index contributed by atoms with van der Waals surface area (Å²) in [6, 6.07) is 11.8. The Hall–Kier alpha value is -3.02. The van der Waals surface area contributed by atoms with Crippen LogP contribution in [0.1, 0.15) is 29.3 Å². The molecule has 2 atom stereocenters. The predicted octanol–water partition coefficient (Wildman–Crippen LogP) is 3.22. The van der Waals surface area contributed by atoms with Crippen LogP contribution in [0.3, 0.4) is 0 Å². The van der Waals surface area contributed by atoms with Crippen molar-refractivity contribution in [3.05, 3.63) is 75.6 Å². The number of hydrogen-bond acceptors (Lipinski definition) is 4. The number of halogens is 1. The molecule has 1 aliphatic carbocycles. The van der Waals surface area contributed by atoms with Gasteiger partial charge in [-0.1, -0.05) is 30.3 Å². The fourth-order valence-corrected chi connectivity index (χ4v) is 3.24. The number of esters is 1. The quantitative estimate of drug-likeness (QED) is 0.732. The number of ether oxygens (including phenoxy) is 1. The zero-order valence-corrected chi connectivity index (χ0v) is 14.2. The highest BCUT2D eigenvalue weighted by Crippen LogP contribution is 2.48. The first-order chi connectivity index (χ1) is 12.5. The molecule has 26 heavy (non-hydrogen) atoms. The maximum Gasteiger partial charge on any atom is 0.310 e. The van der Waals surface area contributed by atoms with Gasteiger partial charge >= 0.3 is 5.97 Å². The predicted molar refractivity (Wildman–Crippen MR) is 94.1 cm³/mol. The molecular weight excluding hydrogens is 335 g/mol. The lowest BCUT2D eigenvalue weighted by molar-refractivity contribution is -0.146. The van der Waals surface area contributed by atoms with Crippen molar-refractivity contribution in [3.8, 4) is 0 Å². The molecule has 0 unspecified atom stereocenters. The summed E-state index contributed by atoms with van der Waals surface area (Å²) < 4.78 is 19.1. The summed E-state index contributed by atoms with van der Waals surface area (Å²) in [6.45, 7) is 1.76. The van der Waals surface area contributed by atoms with Gasteiger partial charge in [-0.25, -0.2) is 9.37 Å². The summed E-state index contributed by atoms with van der Waals surface area (Å²) in [4.78, 5) is 31.4. The number of aryl methyl sites for hydroxylation is 1. The molecule has 6 heteroatoms. The van der Waals surface area contributed by atoms with Crippen LogP contribution in [-0.2, 0) is 16.1 Å². The minimum absolute atomic E-state index is 0.112. The van der Waals surface area contributed by atoms with Crippen LogP contribution in [0.25, 0.3) is 10.9 Å². The van der Waals surface area contributed by atoms with Crippen molar-refractivity contribution in [2.45, 2.75) is 25.9 Å². The minimum atomic E-state index is -0.397. The number of benzene rings is 2. The van der Waals surface area contributed by atoms with Crippen molar-refractivity contribution in [2.75, 3.05) is 0 Å². The van der Waals surface area contributed by atoms with Gasteiger partial charge in [-0.2, -0.15) is 0 Å². The molecule has 1 aliphatic rings. The van der Waals surface area contributed by atoms with Crippen LogP contribution in [0.5, 0.6) is 0 Å². The molecule has 132 valence electrons. The van der Waals surface area contributed by atoms with Gasteiger partial charge in [0.2, 0.25) is 0 Å². The topological polar surface area (TPSA) is 72.1 Å². The number of carbonyl (C=O) groups is 1. The summed E-state index contributed by atoms with van der Waals surface area (Å²) in [7, 11) is 0. The van der Waals surface area contributed by atoms with Gasteiger partial charge in [0.25, 0.3) is 5.56 Å². The molecule has 1 fully saturated rings. The molecule has 1 aromatic heterocycles. The second-order valence-electron chi connectivity index (χ2n) is 6.56. The van der Waals surface area contributed by atoms with Crippen LogP contribution >= 0.6 is 0 Å². The molecule has 2 aromatic carbocycles. The fourth-order valence-electron chi connectivity index (χ4n) is 3.24. The Morgan fingerprint density at radius 1 is 1.27 bits per heavy atom. The molecule has 1 saturated carbocycles. The molecule has 0 spiro atoms. The normalized spacial score (nSPS) is 18.7. The monoisotopic (exact) mass is 352 g/mol. The van der Waals surface area contributed by atoms with Crippen molar-refractivity contribution in [1.29, 1.82) is 0 Å². The molecule has 0 amide bonds. The van der Waals surface area contributed by atoms with Crippen LogP contribution in [0.15, 0.2) is 47.3 Å². The number of nitrogens with zero attached hydrogens (tertiary/aromatic N) is 1. The van der Waals surface area contributed by atoms with Gasteiger partial charge < -0.3 is 9.72 Å². The van der Waals surface area contributed by atoms with Crippen molar-refractivity contribution in [3.63, 3.8) is 0 Å². The number of hydrogen-bond donors (Lipinski definition) is 1. The summed E-state index contributed by atoms with van der Waals surface area (Å²) in [5, 5.41) is 0.502. The van der Waals surface area contributed by atoms with Gasteiger partial charge in [-0.3, -0.25) is 9.59 Å². The minimum Gasteiger partial charge on any atom is -0.457 e. The zero-order valence-electron chi connectivity index (χ0n) is 14.2. The Labute approximate surface area is 148 Å². The first kappa shape index (κ1) is 16.4. The molecule has 3 aromatic rings. The van der Waals surface area contributed by atoms with Gasteiger partial charge in [0, 0.05) is 5.92 Å². The van der Waals surface area contributed by atoms with Crippen molar-refractivity contribution >= 4 is 16.9 Å². The highest BCUT2D eigenvalue weighted by atomic mass is 19.1. The summed E-state index contributed by atoms with van der Waals surface area (Å²) in [5.41, 5.74) is 1.75. The second-order valence-corrected chi connectivity index (χ2v) is 6.56. The molecule has 0 radical (unpaired) electrons. The molecule has 5 nitrogen and oxygen atoms in total. The standard InChI is InChI=1S/C20H17FN2O3/c1-11-5-4-7-13-18(11)22-17(23-19(13)24)10-26-20(25)15-9-14(15)12-6-2-3-8-16(12)21/h2-8,14-15H,9-10H2,1H3,(H,22,23,24)/t14-,15-/m0/s1. The third-order valence-corrected chi connectivity index (χ3v) is 4.74. The van der Waals surface area contributed by atoms with Crippen molar-refractivity contribution < 1.29 is 13.9 Å². The Kier molecular flexibility index (Phi) is 4.03. The maximum atomic E-state index is 13.8. The third kappa shape index (κ3) is 2.98.